The molecule has 0 N–H and O–H groups in total. The third-order valence-electron chi connectivity index (χ3n) is 4.80. The van der Waals surface area contributed by atoms with Gasteiger partial charge in [0.2, 0.25) is 5.95 Å². The van der Waals surface area contributed by atoms with Crippen LogP contribution in [-0.4, -0.2) is 61.1 Å². The Bertz CT molecular complexity index is 878. The fourth-order valence-corrected chi connectivity index (χ4v) is 3.34. The summed E-state index contributed by atoms with van der Waals surface area (Å²) in [7, 11) is 0. The summed E-state index contributed by atoms with van der Waals surface area (Å²) in [6.45, 7) is 1.77. The predicted molar refractivity (Wildman–Crippen MR) is 106 cm³/mol. The molecule has 0 saturated carbocycles. The number of benzene rings is 1. The lowest BCUT2D eigenvalue weighted by molar-refractivity contribution is -0.137. The average molecular weight is 457 g/mol. The molecule has 0 spiro atoms. The van der Waals surface area contributed by atoms with Crippen LogP contribution < -0.4 is 9.64 Å². The zero-order chi connectivity index (χ0) is 23.1. The summed E-state index contributed by atoms with van der Waals surface area (Å²) in [6.07, 6.45) is -1.63. The van der Waals surface area contributed by atoms with Gasteiger partial charge in [0.25, 0.3) is 0 Å². The van der Waals surface area contributed by atoms with Crippen LogP contribution in [0.25, 0.3) is 0 Å². The highest BCUT2D eigenvalue weighted by molar-refractivity contribution is 5.88. The normalized spacial score (nSPS) is 18.6. The first kappa shape index (κ1) is 23.7. The molecule has 1 saturated heterocycles. The SMILES string of the molecule is CCOC(=O)c1cnc(N2C[C@H](Oc3ccc(C(F)(F)F)cc3)C[C@H]2COCCF)nc1. The number of halogens is 4. The van der Waals surface area contributed by atoms with E-state index in [4.69, 9.17) is 14.2 Å². The van der Waals surface area contributed by atoms with Gasteiger partial charge in [-0.05, 0) is 31.2 Å². The number of ether oxygens (including phenoxy) is 3. The molecule has 0 unspecified atom stereocenters. The molecular weight excluding hydrogens is 434 g/mol. The molecule has 0 amide bonds. The predicted octanol–water partition coefficient (Wildman–Crippen LogP) is 3.68. The number of hydrogen-bond acceptors (Lipinski definition) is 7. The number of rotatable bonds is 9. The second kappa shape index (κ2) is 10.6. The molecule has 0 bridgehead atoms. The van der Waals surface area contributed by atoms with Crippen molar-refractivity contribution in [1.29, 1.82) is 0 Å². The summed E-state index contributed by atoms with van der Waals surface area (Å²) in [5.74, 6) is 0.0871. The third kappa shape index (κ3) is 6.06. The van der Waals surface area contributed by atoms with Crippen LogP contribution in [0.5, 0.6) is 5.75 Å². The van der Waals surface area contributed by atoms with E-state index in [2.05, 4.69) is 9.97 Å². The Balaban J connectivity index is 1.70. The Morgan fingerprint density at radius 2 is 1.88 bits per heavy atom. The van der Waals surface area contributed by atoms with Gasteiger partial charge in [-0.1, -0.05) is 0 Å². The lowest BCUT2D eigenvalue weighted by Gasteiger charge is -2.23. The highest BCUT2D eigenvalue weighted by Crippen LogP contribution is 2.31. The summed E-state index contributed by atoms with van der Waals surface area (Å²) in [4.78, 5) is 22.1. The quantitative estimate of drug-likeness (QED) is 0.323. The maximum absolute atomic E-state index is 12.8. The van der Waals surface area contributed by atoms with Gasteiger partial charge in [-0.2, -0.15) is 13.2 Å². The Labute approximate surface area is 182 Å². The zero-order valence-electron chi connectivity index (χ0n) is 17.3. The number of anilines is 1. The number of nitrogens with zero attached hydrogens (tertiary/aromatic N) is 3. The van der Waals surface area contributed by atoms with E-state index in [0.29, 0.717) is 24.7 Å². The van der Waals surface area contributed by atoms with Crippen LogP contribution in [-0.2, 0) is 15.7 Å². The van der Waals surface area contributed by atoms with Crippen molar-refractivity contribution in [2.75, 3.05) is 37.9 Å². The van der Waals surface area contributed by atoms with Crippen molar-refractivity contribution in [3.05, 3.63) is 47.8 Å². The van der Waals surface area contributed by atoms with E-state index in [0.717, 1.165) is 12.1 Å². The Morgan fingerprint density at radius 1 is 1.19 bits per heavy atom. The third-order valence-corrected chi connectivity index (χ3v) is 4.80. The van der Waals surface area contributed by atoms with E-state index >= 15 is 0 Å². The van der Waals surface area contributed by atoms with Crippen LogP contribution >= 0.6 is 0 Å². The van der Waals surface area contributed by atoms with Crippen LogP contribution in [0.2, 0.25) is 0 Å². The second-order valence-electron chi connectivity index (χ2n) is 7.06. The van der Waals surface area contributed by atoms with Crippen LogP contribution in [0, 0.1) is 0 Å². The van der Waals surface area contributed by atoms with Crippen molar-refractivity contribution in [2.45, 2.75) is 31.7 Å². The van der Waals surface area contributed by atoms with Crippen LogP contribution in [0.4, 0.5) is 23.5 Å². The van der Waals surface area contributed by atoms with Crippen molar-refractivity contribution < 1.29 is 36.6 Å². The van der Waals surface area contributed by atoms with Gasteiger partial charge in [0.15, 0.2) is 0 Å². The first-order valence-electron chi connectivity index (χ1n) is 10.0. The van der Waals surface area contributed by atoms with Crippen molar-refractivity contribution in [3.63, 3.8) is 0 Å². The van der Waals surface area contributed by atoms with Crippen LogP contribution in [0.15, 0.2) is 36.7 Å². The van der Waals surface area contributed by atoms with Crippen molar-refractivity contribution in [2.24, 2.45) is 0 Å². The molecule has 32 heavy (non-hydrogen) atoms. The van der Waals surface area contributed by atoms with Gasteiger partial charge in [0.05, 0.1) is 43.5 Å². The molecule has 1 aliphatic rings. The Hall–Kier alpha value is -2.95. The Kier molecular flexibility index (Phi) is 7.84. The molecule has 1 aromatic heterocycles. The number of hydrogen-bond donors (Lipinski definition) is 0. The van der Waals surface area contributed by atoms with Gasteiger partial charge in [-0.15, -0.1) is 0 Å². The van der Waals surface area contributed by atoms with Gasteiger partial charge in [-0.3, -0.25) is 0 Å². The molecule has 1 aliphatic heterocycles. The minimum atomic E-state index is -4.42. The molecule has 1 aromatic carbocycles. The Morgan fingerprint density at radius 3 is 2.47 bits per heavy atom. The lowest BCUT2D eigenvalue weighted by atomic mass is 10.2. The molecule has 2 heterocycles. The molecule has 2 aromatic rings. The summed E-state index contributed by atoms with van der Waals surface area (Å²) < 4.78 is 66.8. The standard InChI is InChI=1S/C21H23F4N3O4/c1-2-31-19(29)14-10-26-20(27-11-14)28-12-18(9-16(28)13-30-8-7-22)32-17-5-3-15(4-6-17)21(23,24)25/h3-6,10-11,16,18H,2,7-9,12-13H2,1H3/t16-,18+/m0/s1. The zero-order valence-corrected chi connectivity index (χ0v) is 17.3. The van der Waals surface area contributed by atoms with Crippen molar-refractivity contribution in [1.82, 2.24) is 9.97 Å². The fraction of sp³-hybridized carbons (Fsp3) is 0.476. The van der Waals surface area contributed by atoms with E-state index in [9.17, 15) is 22.4 Å². The van der Waals surface area contributed by atoms with Gasteiger partial charge in [0.1, 0.15) is 18.5 Å². The summed E-state index contributed by atoms with van der Waals surface area (Å²) in [6, 6.07) is 4.21. The molecule has 2 atom stereocenters. The minimum Gasteiger partial charge on any atom is -0.489 e. The smallest absolute Gasteiger partial charge is 0.416 e. The second-order valence-corrected chi connectivity index (χ2v) is 7.06. The monoisotopic (exact) mass is 457 g/mol. The minimum absolute atomic E-state index is 0.0581. The summed E-state index contributed by atoms with van der Waals surface area (Å²) in [5, 5.41) is 0. The fourth-order valence-electron chi connectivity index (χ4n) is 3.34. The largest absolute Gasteiger partial charge is 0.489 e. The summed E-state index contributed by atoms with van der Waals surface area (Å²) >= 11 is 0. The number of carbonyl (C=O) groups is 1. The first-order chi connectivity index (χ1) is 15.3. The maximum Gasteiger partial charge on any atom is 0.416 e. The molecule has 0 radical (unpaired) electrons. The average Bonchev–Trinajstić information content (AvgIpc) is 3.16. The van der Waals surface area contributed by atoms with E-state index in [-0.39, 0.29) is 37.5 Å². The number of esters is 1. The van der Waals surface area contributed by atoms with Gasteiger partial charge in [-0.25, -0.2) is 19.2 Å². The molecule has 174 valence electrons. The van der Waals surface area contributed by atoms with E-state index in [1.165, 1.54) is 24.5 Å². The van der Waals surface area contributed by atoms with Gasteiger partial charge >= 0.3 is 12.1 Å². The van der Waals surface area contributed by atoms with Crippen LogP contribution in [0.1, 0.15) is 29.3 Å². The van der Waals surface area contributed by atoms with Crippen molar-refractivity contribution >= 4 is 11.9 Å². The molecule has 0 aliphatic carbocycles. The molecule has 1 fully saturated rings. The van der Waals surface area contributed by atoms with Crippen molar-refractivity contribution in [3.8, 4) is 5.75 Å². The first-order valence-corrected chi connectivity index (χ1v) is 10.0. The summed E-state index contributed by atoms with van der Waals surface area (Å²) in [5.41, 5.74) is -0.553. The van der Waals surface area contributed by atoms with E-state index in [1.54, 1.807) is 6.92 Å². The van der Waals surface area contributed by atoms with E-state index in [1.807, 2.05) is 4.90 Å². The topological polar surface area (TPSA) is 73.8 Å². The molecule has 11 heteroatoms. The number of aromatic nitrogens is 2. The maximum atomic E-state index is 12.8. The van der Waals surface area contributed by atoms with Crippen LogP contribution in [0.3, 0.4) is 0 Å². The highest BCUT2D eigenvalue weighted by atomic mass is 19.4. The molecule has 3 rings (SSSR count). The lowest BCUT2D eigenvalue weighted by Crippen LogP contribution is -2.35. The number of alkyl halides is 4. The van der Waals surface area contributed by atoms with E-state index < -0.39 is 24.4 Å². The highest BCUT2D eigenvalue weighted by Gasteiger charge is 2.36. The van der Waals surface area contributed by atoms with Gasteiger partial charge in [0, 0.05) is 18.8 Å². The molecular formula is C21H23F4N3O4. The van der Waals surface area contributed by atoms with Gasteiger partial charge < -0.3 is 19.1 Å². The molecule has 7 nitrogen and oxygen atoms in total. The number of carbonyl (C=O) groups excluding carboxylic acids is 1.